The first kappa shape index (κ1) is 18.1. The smallest absolute Gasteiger partial charge is 0.230 e. The quantitative estimate of drug-likeness (QED) is 0.391. The first-order valence-corrected chi connectivity index (χ1v) is 9.90. The number of imidazole rings is 1. The Hall–Kier alpha value is -3.99. The van der Waals surface area contributed by atoms with Gasteiger partial charge in [-0.1, -0.05) is 72.3 Å². The minimum atomic E-state index is 0.525. The van der Waals surface area contributed by atoms with E-state index < -0.39 is 0 Å². The fourth-order valence-electron chi connectivity index (χ4n) is 3.61. The maximum absolute atomic E-state index is 4.83. The van der Waals surface area contributed by atoms with Gasteiger partial charge in [-0.3, -0.25) is 5.32 Å². The van der Waals surface area contributed by atoms with Gasteiger partial charge in [0, 0.05) is 16.5 Å². The molecule has 0 unspecified atom stereocenters. The van der Waals surface area contributed by atoms with Crippen LogP contribution in [0.5, 0.6) is 0 Å². The molecule has 0 saturated carbocycles. The van der Waals surface area contributed by atoms with Gasteiger partial charge in [0.15, 0.2) is 0 Å². The molecule has 30 heavy (non-hydrogen) atoms. The largest absolute Gasteiger partial charge is 0.323 e. The summed E-state index contributed by atoms with van der Waals surface area (Å²) in [6.07, 6.45) is 0. The summed E-state index contributed by atoms with van der Waals surface area (Å²) in [4.78, 5) is 17.6. The molecule has 0 radical (unpaired) electrons. The summed E-state index contributed by atoms with van der Waals surface area (Å²) in [6.45, 7) is 4.08. The molecule has 5 nitrogen and oxygen atoms in total. The second kappa shape index (κ2) is 7.44. The molecule has 0 atom stereocenters. The number of hydrogen-bond acceptors (Lipinski definition) is 4. The molecule has 146 valence electrons. The molecule has 5 rings (SSSR count). The van der Waals surface area contributed by atoms with Gasteiger partial charge >= 0.3 is 0 Å². The van der Waals surface area contributed by atoms with Crippen LogP contribution in [0.2, 0.25) is 0 Å². The van der Waals surface area contributed by atoms with E-state index in [1.54, 1.807) is 0 Å². The zero-order chi connectivity index (χ0) is 20.5. The predicted molar refractivity (Wildman–Crippen MR) is 122 cm³/mol. The van der Waals surface area contributed by atoms with Crippen LogP contribution in [0.3, 0.4) is 0 Å². The molecule has 0 aliphatic rings. The number of nitrogens with one attached hydrogen (secondary N) is 2. The number of rotatable bonds is 4. The molecule has 2 N–H and O–H groups in total. The molecule has 0 amide bonds. The molecule has 0 aliphatic heterocycles. The molecule has 0 bridgehead atoms. The molecular formula is C25H21N5. The highest BCUT2D eigenvalue weighted by molar-refractivity contribution is 5.83. The Morgan fingerprint density at radius 2 is 1.43 bits per heavy atom. The summed E-state index contributed by atoms with van der Waals surface area (Å²) >= 11 is 0. The Morgan fingerprint density at radius 3 is 2.17 bits per heavy atom. The average molecular weight is 391 g/mol. The normalized spacial score (nSPS) is 11.0. The van der Waals surface area contributed by atoms with Gasteiger partial charge in [-0.15, -0.1) is 0 Å². The molecule has 0 aliphatic carbocycles. The molecule has 0 fully saturated rings. The number of fused-ring (bicyclic) bond motifs is 1. The molecule has 2 heterocycles. The van der Waals surface area contributed by atoms with Crippen LogP contribution >= 0.6 is 0 Å². The van der Waals surface area contributed by atoms with E-state index in [-0.39, 0.29) is 0 Å². The van der Waals surface area contributed by atoms with Crippen molar-refractivity contribution in [3.05, 3.63) is 90.1 Å². The Morgan fingerprint density at radius 1 is 0.733 bits per heavy atom. The van der Waals surface area contributed by atoms with Crippen LogP contribution in [0, 0.1) is 13.8 Å². The van der Waals surface area contributed by atoms with E-state index in [2.05, 4.69) is 63.6 Å². The van der Waals surface area contributed by atoms with Crippen molar-refractivity contribution < 1.29 is 0 Å². The summed E-state index contributed by atoms with van der Waals surface area (Å²) in [5.74, 6) is 1.13. The van der Waals surface area contributed by atoms with Crippen LogP contribution in [-0.4, -0.2) is 19.9 Å². The summed E-state index contributed by atoms with van der Waals surface area (Å²) in [5.41, 5.74) is 7.00. The maximum atomic E-state index is 4.83. The summed E-state index contributed by atoms with van der Waals surface area (Å²) < 4.78 is 0. The van der Waals surface area contributed by atoms with E-state index in [9.17, 15) is 0 Å². The van der Waals surface area contributed by atoms with Gasteiger partial charge in [0.25, 0.3) is 0 Å². The van der Waals surface area contributed by atoms with Crippen LogP contribution in [-0.2, 0) is 0 Å². The third-order valence-corrected chi connectivity index (χ3v) is 5.09. The third kappa shape index (κ3) is 3.42. The summed E-state index contributed by atoms with van der Waals surface area (Å²) in [7, 11) is 0. The van der Waals surface area contributed by atoms with Crippen LogP contribution in [0.4, 0.5) is 11.9 Å². The van der Waals surface area contributed by atoms with Crippen LogP contribution in [0.1, 0.15) is 11.3 Å². The molecule has 0 spiro atoms. The van der Waals surface area contributed by atoms with Crippen molar-refractivity contribution in [3.8, 4) is 22.5 Å². The number of hydrogen-bond donors (Lipinski definition) is 2. The van der Waals surface area contributed by atoms with Crippen molar-refractivity contribution in [2.45, 2.75) is 13.8 Å². The second-order valence-electron chi connectivity index (χ2n) is 7.32. The number of anilines is 2. The molecule has 2 aromatic heterocycles. The lowest BCUT2D eigenvalue weighted by molar-refractivity contribution is 1.13. The summed E-state index contributed by atoms with van der Waals surface area (Å²) in [5, 5.41) is 4.33. The lowest BCUT2D eigenvalue weighted by Crippen LogP contribution is -2.01. The SMILES string of the molecule is Cc1ccc2nc(Nc3nc(-c4ccccc4)c(-c4ccccc4)[nH]3)nc(C)c2c1. The number of aromatic amines is 1. The van der Waals surface area contributed by atoms with Gasteiger partial charge in [-0.25, -0.2) is 15.0 Å². The van der Waals surface area contributed by atoms with Crippen LogP contribution < -0.4 is 5.32 Å². The van der Waals surface area contributed by atoms with Gasteiger partial charge < -0.3 is 4.98 Å². The zero-order valence-corrected chi connectivity index (χ0v) is 16.8. The zero-order valence-electron chi connectivity index (χ0n) is 16.8. The fraction of sp³-hybridized carbons (Fsp3) is 0.0800. The first-order valence-electron chi connectivity index (χ1n) is 9.90. The van der Waals surface area contributed by atoms with Gasteiger partial charge in [0.05, 0.1) is 22.6 Å². The first-order chi connectivity index (χ1) is 14.7. The van der Waals surface area contributed by atoms with Crippen LogP contribution in [0.25, 0.3) is 33.4 Å². The maximum Gasteiger partial charge on any atom is 0.230 e. The van der Waals surface area contributed by atoms with Crippen molar-refractivity contribution in [2.75, 3.05) is 5.32 Å². The minimum Gasteiger partial charge on any atom is -0.323 e. The van der Waals surface area contributed by atoms with Gasteiger partial charge in [-0.05, 0) is 26.0 Å². The van der Waals surface area contributed by atoms with E-state index in [0.29, 0.717) is 11.9 Å². The van der Waals surface area contributed by atoms with Gasteiger partial charge in [0.1, 0.15) is 0 Å². The number of H-pyrrole nitrogens is 1. The van der Waals surface area contributed by atoms with Crippen molar-refractivity contribution in [3.63, 3.8) is 0 Å². The number of benzene rings is 3. The number of aromatic nitrogens is 4. The molecule has 5 heteroatoms. The van der Waals surface area contributed by atoms with Crippen molar-refractivity contribution in [1.29, 1.82) is 0 Å². The Labute approximate surface area is 174 Å². The second-order valence-corrected chi connectivity index (χ2v) is 7.32. The van der Waals surface area contributed by atoms with Crippen molar-refractivity contribution >= 4 is 22.8 Å². The Balaban J connectivity index is 1.58. The highest BCUT2D eigenvalue weighted by Gasteiger charge is 2.15. The predicted octanol–water partition coefficient (Wildman–Crippen LogP) is 6.05. The standard InChI is InChI=1S/C25H21N5/c1-16-13-14-21-20(15-16)17(2)26-24(27-21)30-25-28-22(18-9-5-3-6-10-18)23(29-25)19-11-7-4-8-12-19/h3-15H,1-2H3,(H2,26,27,28,29,30). The Kier molecular flexibility index (Phi) is 4.48. The molecule has 0 saturated heterocycles. The van der Waals surface area contributed by atoms with Crippen LogP contribution in [0.15, 0.2) is 78.9 Å². The Bertz CT molecular complexity index is 1270. The molecule has 5 aromatic rings. The monoisotopic (exact) mass is 391 g/mol. The molecular weight excluding hydrogens is 370 g/mol. The van der Waals surface area contributed by atoms with E-state index in [0.717, 1.165) is 39.1 Å². The number of aryl methyl sites for hydroxylation is 2. The van der Waals surface area contributed by atoms with Gasteiger partial charge in [0.2, 0.25) is 11.9 Å². The van der Waals surface area contributed by atoms with E-state index >= 15 is 0 Å². The topological polar surface area (TPSA) is 66.5 Å². The lowest BCUT2D eigenvalue weighted by atomic mass is 10.1. The van der Waals surface area contributed by atoms with E-state index in [1.807, 2.05) is 49.4 Å². The highest BCUT2D eigenvalue weighted by Crippen LogP contribution is 2.32. The highest BCUT2D eigenvalue weighted by atomic mass is 15.2. The summed E-state index contributed by atoms with van der Waals surface area (Å²) in [6, 6.07) is 26.6. The van der Waals surface area contributed by atoms with E-state index in [4.69, 9.17) is 4.98 Å². The molecule has 3 aromatic carbocycles. The average Bonchev–Trinajstić information content (AvgIpc) is 3.19. The lowest BCUT2D eigenvalue weighted by Gasteiger charge is -2.06. The van der Waals surface area contributed by atoms with Gasteiger partial charge in [-0.2, -0.15) is 0 Å². The van der Waals surface area contributed by atoms with Crippen molar-refractivity contribution in [1.82, 2.24) is 19.9 Å². The number of nitrogens with zero attached hydrogens (tertiary/aromatic N) is 3. The van der Waals surface area contributed by atoms with E-state index in [1.165, 1.54) is 5.56 Å². The minimum absolute atomic E-state index is 0.525. The third-order valence-electron chi connectivity index (χ3n) is 5.09. The van der Waals surface area contributed by atoms with Crippen molar-refractivity contribution in [2.24, 2.45) is 0 Å². The fourth-order valence-corrected chi connectivity index (χ4v) is 3.61.